The number of urea groups is 1. The Hall–Kier alpha value is -0.810. The van der Waals surface area contributed by atoms with Gasteiger partial charge in [-0.1, -0.05) is 6.42 Å². The zero-order valence-corrected chi connectivity index (χ0v) is 13.7. The number of likely N-dealkylation sites (N-methyl/N-ethyl adjacent to an activating group) is 1. The van der Waals surface area contributed by atoms with Gasteiger partial charge in [0.05, 0.1) is 6.10 Å². The van der Waals surface area contributed by atoms with E-state index >= 15 is 0 Å². The van der Waals surface area contributed by atoms with E-state index in [1.54, 1.807) is 18.9 Å². The average Bonchev–Trinajstić information content (AvgIpc) is 2.36. The van der Waals surface area contributed by atoms with E-state index in [1.165, 1.54) is 38.6 Å². The van der Waals surface area contributed by atoms with E-state index in [9.17, 15) is 9.90 Å². The molecule has 3 unspecified atom stereocenters. The maximum absolute atomic E-state index is 12.1. The van der Waals surface area contributed by atoms with Crippen LogP contribution >= 0.6 is 0 Å². The number of rotatable bonds is 5. The number of aliphatic hydroxyl groups excluding tert-OH is 1. The topological polar surface area (TPSA) is 55.8 Å². The molecule has 1 saturated heterocycles. The largest absolute Gasteiger partial charge is 0.392 e. The van der Waals surface area contributed by atoms with Gasteiger partial charge >= 0.3 is 6.03 Å². The molecular formula is C16H31N3O2. The minimum absolute atomic E-state index is 0.0795. The van der Waals surface area contributed by atoms with Crippen LogP contribution in [0.25, 0.3) is 0 Å². The van der Waals surface area contributed by atoms with Crippen molar-refractivity contribution < 1.29 is 9.90 Å². The van der Waals surface area contributed by atoms with Gasteiger partial charge in [0.25, 0.3) is 0 Å². The predicted octanol–water partition coefficient (Wildman–Crippen LogP) is 1.66. The number of likely N-dealkylation sites (tertiary alicyclic amines) is 1. The van der Waals surface area contributed by atoms with Crippen LogP contribution in [-0.2, 0) is 0 Å². The molecule has 1 saturated carbocycles. The number of carbonyl (C=O) groups excluding carboxylic acids is 1. The summed E-state index contributed by atoms with van der Waals surface area (Å²) >= 11 is 0. The van der Waals surface area contributed by atoms with Gasteiger partial charge in [-0.15, -0.1) is 0 Å². The van der Waals surface area contributed by atoms with Gasteiger partial charge < -0.3 is 20.2 Å². The van der Waals surface area contributed by atoms with Crippen molar-refractivity contribution in [2.75, 3.05) is 26.7 Å². The van der Waals surface area contributed by atoms with Crippen molar-refractivity contribution in [2.45, 2.75) is 64.1 Å². The summed E-state index contributed by atoms with van der Waals surface area (Å²) < 4.78 is 0. The fourth-order valence-electron chi connectivity index (χ4n) is 3.43. The minimum Gasteiger partial charge on any atom is -0.392 e. The number of carbonyl (C=O) groups is 1. The lowest BCUT2D eigenvalue weighted by molar-refractivity contribution is 0.0666. The summed E-state index contributed by atoms with van der Waals surface area (Å²) in [5, 5.41) is 12.5. The molecule has 5 heteroatoms. The molecule has 2 rings (SSSR count). The fourth-order valence-corrected chi connectivity index (χ4v) is 3.43. The number of nitrogens with one attached hydrogen (secondary N) is 1. The monoisotopic (exact) mass is 297 g/mol. The summed E-state index contributed by atoms with van der Waals surface area (Å²) in [6.07, 6.45) is 6.03. The Kier molecular flexibility index (Phi) is 5.88. The van der Waals surface area contributed by atoms with Crippen molar-refractivity contribution in [3.63, 3.8) is 0 Å². The van der Waals surface area contributed by atoms with Crippen molar-refractivity contribution in [3.8, 4) is 0 Å². The van der Waals surface area contributed by atoms with E-state index in [1.807, 2.05) is 0 Å². The summed E-state index contributed by atoms with van der Waals surface area (Å²) in [5.74, 6) is 0.545. The molecule has 0 spiro atoms. The predicted molar refractivity (Wildman–Crippen MR) is 84.2 cm³/mol. The lowest BCUT2D eigenvalue weighted by Crippen LogP contribution is -2.52. The molecule has 5 nitrogen and oxygen atoms in total. The van der Waals surface area contributed by atoms with Crippen LogP contribution in [0.5, 0.6) is 0 Å². The third-order valence-corrected chi connectivity index (χ3v) is 5.02. The second-order valence-electron chi connectivity index (χ2n) is 6.95. The lowest BCUT2D eigenvalue weighted by Gasteiger charge is -2.44. The smallest absolute Gasteiger partial charge is 0.317 e. The van der Waals surface area contributed by atoms with Crippen LogP contribution < -0.4 is 5.32 Å². The van der Waals surface area contributed by atoms with E-state index < -0.39 is 6.10 Å². The number of piperidine rings is 1. The Balaban J connectivity index is 1.78. The van der Waals surface area contributed by atoms with Crippen LogP contribution in [0.3, 0.4) is 0 Å². The Labute approximate surface area is 128 Å². The zero-order valence-electron chi connectivity index (χ0n) is 13.7. The van der Waals surface area contributed by atoms with E-state index in [0.717, 1.165) is 12.6 Å². The normalized spacial score (nSPS) is 26.8. The summed E-state index contributed by atoms with van der Waals surface area (Å²) in [5.41, 5.74) is 0. The number of nitrogens with zero attached hydrogens (tertiary/aromatic N) is 2. The van der Waals surface area contributed by atoms with Crippen LogP contribution in [0.2, 0.25) is 0 Å². The highest BCUT2D eigenvalue weighted by Gasteiger charge is 2.32. The van der Waals surface area contributed by atoms with Crippen molar-refractivity contribution in [2.24, 2.45) is 5.92 Å². The molecule has 0 aromatic carbocycles. The third-order valence-electron chi connectivity index (χ3n) is 5.02. The zero-order chi connectivity index (χ0) is 15.4. The van der Waals surface area contributed by atoms with Gasteiger partial charge in [0.1, 0.15) is 0 Å². The first-order valence-electron chi connectivity index (χ1n) is 8.41. The average molecular weight is 297 g/mol. The van der Waals surface area contributed by atoms with E-state index in [4.69, 9.17) is 0 Å². The van der Waals surface area contributed by atoms with Gasteiger partial charge in [-0.2, -0.15) is 0 Å². The molecule has 0 bridgehead atoms. The molecule has 2 aliphatic rings. The van der Waals surface area contributed by atoms with Gasteiger partial charge in [0.2, 0.25) is 0 Å². The van der Waals surface area contributed by atoms with Crippen LogP contribution in [-0.4, -0.2) is 65.8 Å². The molecule has 2 amide bonds. The number of hydrogen-bond donors (Lipinski definition) is 2. The van der Waals surface area contributed by atoms with E-state index in [0.29, 0.717) is 12.5 Å². The SMILES string of the molecule is CC(O)CN(C)C(=O)NC(C)C1CCCN(C2CCC2)C1. The van der Waals surface area contributed by atoms with E-state index in [2.05, 4.69) is 17.1 Å². The first-order chi connectivity index (χ1) is 9.97. The molecule has 0 aromatic rings. The highest BCUT2D eigenvalue weighted by Crippen LogP contribution is 2.30. The van der Waals surface area contributed by atoms with Gasteiger partial charge in [-0.3, -0.25) is 0 Å². The minimum atomic E-state index is -0.486. The second kappa shape index (κ2) is 7.45. The molecule has 1 aliphatic carbocycles. The molecule has 1 aliphatic heterocycles. The standard InChI is InChI=1S/C16H31N3O2/c1-12(20)10-18(3)16(21)17-13(2)14-6-5-9-19(11-14)15-7-4-8-15/h12-15,20H,4-11H2,1-3H3,(H,17,21). The summed E-state index contributed by atoms with van der Waals surface area (Å²) in [4.78, 5) is 16.3. The number of amides is 2. The molecule has 122 valence electrons. The lowest BCUT2D eigenvalue weighted by atomic mass is 9.86. The van der Waals surface area contributed by atoms with Crippen LogP contribution in [0.1, 0.15) is 46.0 Å². The molecule has 0 aromatic heterocycles. The number of aliphatic hydroxyl groups is 1. The van der Waals surface area contributed by atoms with Gasteiger partial charge in [-0.05, 0) is 52.0 Å². The van der Waals surface area contributed by atoms with Crippen molar-refractivity contribution in [3.05, 3.63) is 0 Å². The Bertz CT molecular complexity index is 344. The maximum atomic E-state index is 12.1. The highest BCUT2D eigenvalue weighted by atomic mass is 16.3. The fraction of sp³-hybridized carbons (Fsp3) is 0.938. The summed E-state index contributed by atoms with van der Waals surface area (Å²) in [6, 6.07) is 0.912. The molecule has 1 heterocycles. The molecule has 21 heavy (non-hydrogen) atoms. The van der Waals surface area contributed by atoms with Crippen molar-refractivity contribution >= 4 is 6.03 Å². The molecule has 2 N–H and O–H groups in total. The Morgan fingerprint density at radius 3 is 2.62 bits per heavy atom. The van der Waals surface area contributed by atoms with Gasteiger partial charge in [0, 0.05) is 32.2 Å². The molecule has 0 radical (unpaired) electrons. The highest BCUT2D eigenvalue weighted by molar-refractivity contribution is 5.74. The van der Waals surface area contributed by atoms with Crippen LogP contribution in [0, 0.1) is 5.92 Å². The number of hydrogen-bond acceptors (Lipinski definition) is 3. The van der Waals surface area contributed by atoms with Crippen LogP contribution in [0.15, 0.2) is 0 Å². The van der Waals surface area contributed by atoms with Crippen molar-refractivity contribution in [1.82, 2.24) is 15.1 Å². The summed E-state index contributed by atoms with van der Waals surface area (Å²) in [7, 11) is 1.73. The Morgan fingerprint density at radius 1 is 1.33 bits per heavy atom. The van der Waals surface area contributed by atoms with Crippen LogP contribution in [0.4, 0.5) is 4.79 Å². The molecular weight excluding hydrogens is 266 g/mol. The summed E-state index contributed by atoms with van der Waals surface area (Å²) in [6.45, 7) is 6.53. The quantitative estimate of drug-likeness (QED) is 0.811. The first-order valence-corrected chi connectivity index (χ1v) is 8.41. The molecule has 3 atom stereocenters. The third kappa shape index (κ3) is 4.58. The van der Waals surface area contributed by atoms with Gasteiger partial charge in [0.15, 0.2) is 0 Å². The second-order valence-corrected chi connectivity index (χ2v) is 6.95. The maximum Gasteiger partial charge on any atom is 0.317 e. The molecule has 2 fully saturated rings. The first kappa shape index (κ1) is 16.6. The van der Waals surface area contributed by atoms with Crippen molar-refractivity contribution in [1.29, 1.82) is 0 Å². The van der Waals surface area contributed by atoms with Gasteiger partial charge in [-0.25, -0.2) is 4.79 Å². The Morgan fingerprint density at radius 2 is 2.05 bits per heavy atom. The van der Waals surface area contributed by atoms with E-state index in [-0.39, 0.29) is 12.1 Å².